The lowest BCUT2D eigenvalue weighted by Gasteiger charge is -2.23. The number of urea groups is 1. The predicted molar refractivity (Wildman–Crippen MR) is 29.2 cm³/mol. The Kier molecular flexibility index (Phi) is 1.34. The first-order valence-electron chi connectivity index (χ1n) is 2.50. The van der Waals surface area contributed by atoms with Gasteiger partial charge < -0.3 is 10.2 Å². The zero-order valence-electron chi connectivity index (χ0n) is 4.77. The number of nitrogens with one attached hydrogen (secondary N) is 2. The van der Waals surface area contributed by atoms with Gasteiger partial charge in [-0.3, -0.25) is 5.32 Å². The molecule has 4 heteroatoms. The Morgan fingerprint density at radius 1 is 1.75 bits per heavy atom. The van der Waals surface area contributed by atoms with E-state index in [2.05, 4.69) is 10.6 Å². The molecule has 0 aromatic heterocycles. The van der Waals surface area contributed by atoms with Gasteiger partial charge in [0.05, 0.1) is 13.3 Å². The Labute approximate surface area is 47.8 Å². The normalized spacial score (nSPS) is 20.6. The Balaban J connectivity index is 2.39. The molecule has 0 aromatic carbocycles. The first-order valence-corrected chi connectivity index (χ1v) is 2.50. The summed E-state index contributed by atoms with van der Waals surface area (Å²) < 4.78 is 0. The van der Waals surface area contributed by atoms with Gasteiger partial charge in [-0.25, -0.2) is 4.79 Å². The summed E-state index contributed by atoms with van der Waals surface area (Å²) in [7, 11) is 1.74. The third kappa shape index (κ3) is 0.894. The van der Waals surface area contributed by atoms with E-state index >= 15 is 0 Å². The minimum atomic E-state index is -0.0104. The fourth-order valence-electron chi connectivity index (χ4n) is 0.568. The van der Waals surface area contributed by atoms with Crippen LogP contribution in [0.1, 0.15) is 0 Å². The van der Waals surface area contributed by atoms with Crippen LogP contribution in [0.3, 0.4) is 0 Å². The molecule has 1 rings (SSSR count). The van der Waals surface area contributed by atoms with Gasteiger partial charge in [0.1, 0.15) is 0 Å². The molecule has 0 aromatic rings. The van der Waals surface area contributed by atoms with Crippen molar-refractivity contribution in [2.24, 2.45) is 0 Å². The molecule has 1 fully saturated rings. The molecule has 8 heavy (non-hydrogen) atoms. The van der Waals surface area contributed by atoms with Crippen molar-refractivity contribution in [2.45, 2.75) is 0 Å². The van der Waals surface area contributed by atoms with E-state index in [1.807, 2.05) is 0 Å². The van der Waals surface area contributed by atoms with E-state index in [-0.39, 0.29) is 6.03 Å². The van der Waals surface area contributed by atoms with Crippen LogP contribution >= 0.6 is 0 Å². The summed E-state index contributed by atoms with van der Waals surface area (Å²) in [4.78, 5) is 12.1. The average molecular weight is 115 g/mol. The van der Waals surface area contributed by atoms with Crippen molar-refractivity contribution in [3.8, 4) is 0 Å². The van der Waals surface area contributed by atoms with E-state index in [0.717, 1.165) is 0 Å². The number of nitrogens with zero attached hydrogens (tertiary/aromatic N) is 1. The summed E-state index contributed by atoms with van der Waals surface area (Å²) in [6.07, 6.45) is 0. The van der Waals surface area contributed by atoms with Crippen LogP contribution in [-0.4, -0.2) is 31.3 Å². The highest BCUT2D eigenvalue weighted by atomic mass is 16.2. The molecule has 1 aliphatic heterocycles. The molecule has 1 saturated heterocycles. The lowest BCUT2D eigenvalue weighted by Crippen LogP contribution is -2.52. The van der Waals surface area contributed by atoms with E-state index in [1.54, 1.807) is 11.9 Å². The summed E-state index contributed by atoms with van der Waals surface area (Å²) in [6, 6.07) is -0.0104. The molecular formula is C4H9N3O. The number of carbonyl (C=O) groups excluding carboxylic acids is 1. The van der Waals surface area contributed by atoms with Crippen LogP contribution in [0.15, 0.2) is 0 Å². The van der Waals surface area contributed by atoms with Gasteiger partial charge in [0.2, 0.25) is 0 Å². The monoisotopic (exact) mass is 115 g/mol. The van der Waals surface area contributed by atoms with Crippen LogP contribution in [0.4, 0.5) is 4.79 Å². The van der Waals surface area contributed by atoms with E-state index in [1.165, 1.54) is 0 Å². The Bertz CT molecular complexity index is 103. The molecule has 2 amide bonds. The Morgan fingerprint density at radius 3 is 2.88 bits per heavy atom. The zero-order chi connectivity index (χ0) is 5.98. The van der Waals surface area contributed by atoms with Gasteiger partial charge in [0, 0.05) is 7.05 Å². The van der Waals surface area contributed by atoms with Crippen LogP contribution < -0.4 is 10.6 Å². The van der Waals surface area contributed by atoms with Crippen molar-refractivity contribution in [1.82, 2.24) is 15.5 Å². The molecule has 0 bridgehead atoms. The minimum Gasteiger partial charge on any atom is -0.325 e. The first kappa shape index (κ1) is 5.37. The summed E-state index contributed by atoms with van der Waals surface area (Å²) in [5, 5.41) is 5.57. The molecule has 0 atom stereocenters. The summed E-state index contributed by atoms with van der Waals surface area (Å²) in [5.74, 6) is 0. The third-order valence-corrected chi connectivity index (χ3v) is 1.06. The molecule has 0 aliphatic carbocycles. The molecular weight excluding hydrogens is 106 g/mol. The fourth-order valence-corrected chi connectivity index (χ4v) is 0.568. The SMILES string of the molecule is CN1CNCNC1=O. The number of hydrogen-bond acceptors (Lipinski definition) is 2. The van der Waals surface area contributed by atoms with Gasteiger partial charge in [-0.2, -0.15) is 0 Å². The lowest BCUT2D eigenvalue weighted by atomic mass is 10.7. The van der Waals surface area contributed by atoms with E-state index in [4.69, 9.17) is 0 Å². The summed E-state index contributed by atoms with van der Waals surface area (Å²) in [5.41, 5.74) is 0. The van der Waals surface area contributed by atoms with Crippen LogP contribution in [-0.2, 0) is 0 Å². The quantitative estimate of drug-likeness (QED) is 0.431. The summed E-state index contributed by atoms with van der Waals surface area (Å²) >= 11 is 0. The molecule has 0 unspecified atom stereocenters. The maximum absolute atomic E-state index is 10.6. The van der Waals surface area contributed by atoms with E-state index < -0.39 is 0 Å². The predicted octanol–water partition coefficient (Wildman–Crippen LogP) is -0.854. The van der Waals surface area contributed by atoms with Crippen molar-refractivity contribution in [3.05, 3.63) is 0 Å². The lowest BCUT2D eigenvalue weighted by molar-refractivity contribution is 0.191. The smallest absolute Gasteiger partial charge is 0.319 e. The molecule has 4 nitrogen and oxygen atoms in total. The van der Waals surface area contributed by atoms with Crippen LogP contribution in [0.2, 0.25) is 0 Å². The third-order valence-electron chi connectivity index (χ3n) is 1.06. The van der Waals surface area contributed by atoms with Crippen molar-refractivity contribution in [3.63, 3.8) is 0 Å². The fraction of sp³-hybridized carbons (Fsp3) is 0.750. The highest BCUT2D eigenvalue weighted by Crippen LogP contribution is 1.83. The van der Waals surface area contributed by atoms with Gasteiger partial charge in [-0.15, -0.1) is 0 Å². The zero-order valence-corrected chi connectivity index (χ0v) is 4.77. The molecule has 0 saturated carbocycles. The van der Waals surface area contributed by atoms with Crippen molar-refractivity contribution in [1.29, 1.82) is 0 Å². The van der Waals surface area contributed by atoms with Gasteiger partial charge in [-0.1, -0.05) is 0 Å². The van der Waals surface area contributed by atoms with Crippen LogP contribution in [0.5, 0.6) is 0 Å². The highest BCUT2D eigenvalue weighted by molar-refractivity contribution is 5.74. The van der Waals surface area contributed by atoms with Gasteiger partial charge in [0.25, 0.3) is 0 Å². The number of rotatable bonds is 0. The maximum atomic E-state index is 10.6. The second kappa shape index (κ2) is 2.00. The first-order chi connectivity index (χ1) is 3.80. The van der Waals surface area contributed by atoms with Crippen LogP contribution in [0, 0.1) is 0 Å². The number of hydrogen-bond donors (Lipinski definition) is 2. The molecule has 2 N–H and O–H groups in total. The Morgan fingerprint density at radius 2 is 2.50 bits per heavy atom. The van der Waals surface area contributed by atoms with Crippen molar-refractivity contribution >= 4 is 6.03 Å². The van der Waals surface area contributed by atoms with Crippen molar-refractivity contribution < 1.29 is 4.79 Å². The van der Waals surface area contributed by atoms with Gasteiger partial charge in [0.15, 0.2) is 0 Å². The number of amides is 2. The second-order valence-corrected chi connectivity index (χ2v) is 1.76. The largest absolute Gasteiger partial charge is 0.325 e. The number of carbonyl (C=O) groups is 1. The molecule has 0 spiro atoms. The maximum Gasteiger partial charge on any atom is 0.319 e. The second-order valence-electron chi connectivity index (χ2n) is 1.76. The standard InChI is InChI=1S/C4H9N3O/c1-7-3-5-2-6-4(7)8/h5H,2-3H2,1H3,(H,6,8). The molecule has 46 valence electrons. The molecule has 1 aliphatic rings. The van der Waals surface area contributed by atoms with Gasteiger partial charge in [-0.05, 0) is 0 Å². The van der Waals surface area contributed by atoms with Gasteiger partial charge >= 0.3 is 6.03 Å². The Hall–Kier alpha value is -0.770. The average Bonchev–Trinajstić information content (AvgIpc) is 1.77. The van der Waals surface area contributed by atoms with E-state index in [9.17, 15) is 4.79 Å². The van der Waals surface area contributed by atoms with Crippen LogP contribution in [0.25, 0.3) is 0 Å². The molecule has 1 heterocycles. The van der Waals surface area contributed by atoms with Crippen molar-refractivity contribution in [2.75, 3.05) is 20.4 Å². The highest BCUT2D eigenvalue weighted by Gasteiger charge is 2.09. The molecule has 0 radical (unpaired) electrons. The topological polar surface area (TPSA) is 44.4 Å². The van der Waals surface area contributed by atoms with E-state index in [0.29, 0.717) is 13.3 Å². The minimum absolute atomic E-state index is 0.0104. The summed E-state index contributed by atoms with van der Waals surface area (Å²) in [6.45, 7) is 1.23.